The van der Waals surface area contributed by atoms with Crippen LogP contribution in [0.15, 0.2) is 94.4 Å². The molecular weight excluding hydrogens is 874 g/mol. The van der Waals surface area contributed by atoms with Crippen molar-refractivity contribution in [2.75, 3.05) is 43.1 Å². The molecule has 2 aromatic carbocycles. The van der Waals surface area contributed by atoms with Gasteiger partial charge in [-0.15, -0.1) is 4.33 Å². The average molecular weight is 922 g/mol. The van der Waals surface area contributed by atoms with Gasteiger partial charge in [-0.1, -0.05) is 49.3 Å². The van der Waals surface area contributed by atoms with Crippen molar-refractivity contribution < 1.29 is 117 Å². The van der Waals surface area contributed by atoms with E-state index in [-0.39, 0.29) is 88.6 Å². The second kappa shape index (κ2) is 23.1. The molecule has 0 aliphatic carbocycles. The Morgan fingerprint density at radius 3 is 2.34 bits per heavy atom. The number of benzene rings is 2. The van der Waals surface area contributed by atoms with Gasteiger partial charge in [-0.3, -0.25) is 9.83 Å². The van der Waals surface area contributed by atoms with Crippen LogP contribution in [0.5, 0.6) is 0 Å². The van der Waals surface area contributed by atoms with Crippen LogP contribution in [0.4, 0.5) is 11.4 Å². The number of hydrogen-bond acceptors (Lipinski definition) is 15. The largest absolute Gasteiger partial charge is 1.00 e. The Morgan fingerprint density at radius 2 is 1.66 bits per heavy atom. The van der Waals surface area contributed by atoms with Gasteiger partial charge in [0.15, 0.2) is 5.71 Å². The first-order valence-electron chi connectivity index (χ1n) is 18.1. The van der Waals surface area contributed by atoms with E-state index in [0.717, 1.165) is 58.0 Å². The number of carbonyl (C=O) groups is 1. The van der Waals surface area contributed by atoms with Crippen molar-refractivity contribution >= 4 is 67.3 Å². The normalized spacial score (nSPS) is 16.9. The number of aliphatic carboxylic acids is 1. The van der Waals surface area contributed by atoms with Gasteiger partial charge in [0, 0.05) is 95.9 Å². The Morgan fingerprint density at radius 1 is 0.949 bits per heavy atom. The second-order valence-electron chi connectivity index (χ2n) is 14.5. The van der Waals surface area contributed by atoms with Crippen molar-refractivity contribution in [1.82, 2.24) is 4.31 Å². The van der Waals surface area contributed by atoms with Gasteiger partial charge < -0.3 is 19.8 Å². The molecule has 0 amide bonds. The van der Waals surface area contributed by atoms with E-state index in [2.05, 4.69) is 23.6 Å². The van der Waals surface area contributed by atoms with Gasteiger partial charge in [0.05, 0.1) is 32.5 Å². The van der Waals surface area contributed by atoms with Crippen molar-refractivity contribution in [1.29, 1.82) is 0 Å². The number of allylic oxidation sites excluding steroid dienone is 8. The van der Waals surface area contributed by atoms with Crippen LogP contribution in [-0.4, -0.2) is 90.5 Å². The third-order valence-electron chi connectivity index (χ3n) is 9.87. The Bertz CT molecular complexity index is 2170. The molecule has 2 N–H and O–H groups in total. The fourth-order valence-electron chi connectivity index (χ4n) is 7.03. The van der Waals surface area contributed by atoms with Crippen molar-refractivity contribution in [2.24, 2.45) is 0 Å². The second-order valence-corrected chi connectivity index (χ2v) is 19.6. The first kappa shape index (κ1) is 51.6. The zero-order chi connectivity index (χ0) is 42.7. The minimum absolute atomic E-state index is 0. The Kier molecular flexibility index (Phi) is 20.2. The molecule has 16 nitrogen and oxygen atoms in total. The van der Waals surface area contributed by atoms with Gasteiger partial charge in [0.25, 0.3) is 0 Å². The topological polar surface area (TPSA) is 218 Å². The maximum Gasteiger partial charge on any atom is 1.00 e. The molecule has 0 saturated carbocycles. The molecule has 0 saturated heterocycles. The molecule has 0 fully saturated rings. The summed E-state index contributed by atoms with van der Waals surface area (Å²) in [6, 6.07) is 10.5. The minimum atomic E-state index is -4.40. The molecule has 2 heterocycles. The number of anilines is 1. The fourth-order valence-corrected chi connectivity index (χ4v) is 9.50. The van der Waals surface area contributed by atoms with Crippen LogP contribution in [0.3, 0.4) is 0 Å². The standard InChI is InChI=1S/C38H49N3O13S4.K/c1-37(2)30-26-28(56-54-52-45)17-19-32(30)41(23-13-25-57(46,47)48)34(37)14-9-7-6-8-10-15-35-38(3,4)31-27-29(58(49,50)39(5)21-11-16-36(42)43)18-20-33(31)40(35)22-12-24-55-53-51-44;/h6-10,14-15,17-20,26-27H,11-13,16,21-25H2,1-5H3,(H3-,42,43,44,45,46,47,48);/q;+1/p-1. The molecule has 21 heteroatoms. The first-order chi connectivity index (χ1) is 27.4. The molecule has 0 bridgehead atoms. The average Bonchev–Trinajstić information content (AvgIpc) is 3.50. The first-order valence-corrected chi connectivity index (χ1v) is 22.8. The van der Waals surface area contributed by atoms with E-state index in [9.17, 15) is 31.4 Å². The van der Waals surface area contributed by atoms with E-state index in [1.54, 1.807) is 24.3 Å². The van der Waals surface area contributed by atoms with E-state index in [1.807, 2.05) is 86.9 Å². The number of hydrogen-bond donors (Lipinski definition) is 2. The van der Waals surface area contributed by atoms with E-state index < -0.39 is 42.7 Å². The van der Waals surface area contributed by atoms with Crippen LogP contribution >= 0.6 is 24.1 Å². The molecule has 2 aromatic rings. The molecule has 0 radical (unpaired) electrons. The number of fused-ring (bicyclic) bond motifs is 2. The number of carboxylic acids is 1. The van der Waals surface area contributed by atoms with E-state index >= 15 is 0 Å². The molecule has 318 valence electrons. The van der Waals surface area contributed by atoms with Gasteiger partial charge in [0.1, 0.15) is 6.54 Å². The van der Waals surface area contributed by atoms with Crippen LogP contribution in [0, 0.1) is 0 Å². The monoisotopic (exact) mass is 921 g/mol. The number of rotatable bonds is 23. The summed E-state index contributed by atoms with van der Waals surface area (Å²) in [6.45, 7) is 8.95. The molecule has 2 aliphatic rings. The number of sulfonamides is 1. The quantitative estimate of drug-likeness (QED) is 0.0239. The zero-order valence-corrected chi connectivity index (χ0v) is 40.1. The van der Waals surface area contributed by atoms with Gasteiger partial charge in [0.2, 0.25) is 15.7 Å². The molecule has 0 aromatic heterocycles. The SMILES string of the molecule is CN(CCCC(=O)O)S(=O)(=O)c1ccc2c(c1)C(C)(C)\C(=C/C=C/C=C/C=C/C1=[N+](CCCS(=O)(=O)[O-])c3ccc(SOO[O-])cc3C1(C)C)N2CCCSOOO.[K+]. The number of carboxylic acid groups (broad SMARTS) is 1. The van der Waals surface area contributed by atoms with E-state index in [4.69, 9.17) is 10.4 Å². The van der Waals surface area contributed by atoms with E-state index in [1.165, 1.54) is 11.4 Å². The molecule has 2 aliphatic heterocycles. The summed E-state index contributed by atoms with van der Waals surface area (Å²) in [5.41, 5.74) is 4.02. The summed E-state index contributed by atoms with van der Waals surface area (Å²) in [5, 5.41) is 35.1. The summed E-state index contributed by atoms with van der Waals surface area (Å²) in [4.78, 5) is 13.8. The minimum Gasteiger partial charge on any atom is -0.748 e. The molecule has 4 rings (SSSR count). The maximum absolute atomic E-state index is 13.5. The maximum atomic E-state index is 13.5. The molecule has 59 heavy (non-hydrogen) atoms. The summed E-state index contributed by atoms with van der Waals surface area (Å²) < 4.78 is 73.3. The van der Waals surface area contributed by atoms with Crippen LogP contribution in [-0.2, 0) is 54.5 Å². The Balaban J connectivity index is 0.00000930. The third-order valence-corrected chi connectivity index (χ3v) is 13.7. The van der Waals surface area contributed by atoms with Crippen molar-refractivity contribution in [3.05, 3.63) is 95.8 Å². The van der Waals surface area contributed by atoms with Gasteiger partial charge in [-0.25, -0.2) is 26.4 Å². The van der Waals surface area contributed by atoms with Crippen LogP contribution in [0.2, 0.25) is 0 Å². The van der Waals surface area contributed by atoms with Crippen LogP contribution in [0.25, 0.3) is 0 Å². The Hall–Kier alpha value is -1.74. The smallest absolute Gasteiger partial charge is 0.748 e. The summed E-state index contributed by atoms with van der Waals surface area (Å²) in [6.07, 6.45) is 14.0. The molecule has 0 spiro atoms. The summed E-state index contributed by atoms with van der Waals surface area (Å²) >= 11 is 1.72. The van der Waals surface area contributed by atoms with Crippen LogP contribution in [0.1, 0.15) is 64.5 Å². The Labute approximate surface area is 397 Å². The predicted octanol–water partition coefficient (Wildman–Crippen LogP) is 2.53. The predicted molar refractivity (Wildman–Crippen MR) is 217 cm³/mol. The van der Waals surface area contributed by atoms with Crippen molar-refractivity contribution in [3.8, 4) is 0 Å². The molecular formula is C38H48KN3O13S4. The van der Waals surface area contributed by atoms with Gasteiger partial charge >= 0.3 is 57.4 Å². The summed E-state index contributed by atoms with van der Waals surface area (Å²) in [7, 11) is -6.86. The van der Waals surface area contributed by atoms with Crippen LogP contribution < -0.4 is 61.5 Å². The third kappa shape index (κ3) is 13.6. The summed E-state index contributed by atoms with van der Waals surface area (Å²) in [5.74, 6) is -0.995. The molecule has 0 unspecified atom stereocenters. The fraction of sp³-hybridized carbons (Fsp3) is 0.421. The van der Waals surface area contributed by atoms with Crippen molar-refractivity contribution in [2.45, 2.75) is 74.0 Å². The molecule has 0 atom stereocenters. The zero-order valence-electron chi connectivity index (χ0n) is 33.7. The van der Waals surface area contributed by atoms with Gasteiger partial charge in [-0.05, 0) is 68.7 Å². The number of nitrogens with zero attached hydrogens (tertiary/aromatic N) is 3. The van der Waals surface area contributed by atoms with Crippen molar-refractivity contribution in [3.63, 3.8) is 0 Å². The van der Waals surface area contributed by atoms with E-state index in [0.29, 0.717) is 23.6 Å². The van der Waals surface area contributed by atoms with Gasteiger partial charge in [-0.2, -0.15) is 8.91 Å².